The van der Waals surface area contributed by atoms with Gasteiger partial charge in [-0.05, 0) is 31.4 Å². The fourth-order valence-electron chi connectivity index (χ4n) is 2.85. The van der Waals surface area contributed by atoms with Crippen LogP contribution in [-0.2, 0) is 16.4 Å². The highest BCUT2D eigenvalue weighted by Crippen LogP contribution is 2.25. The quantitative estimate of drug-likeness (QED) is 0.797. The lowest BCUT2D eigenvalue weighted by atomic mass is 10.2. The Morgan fingerprint density at radius 3 is 2.52 bits per heavy atom. The van der Waals surface area contributed by atoms with Crippen LogP contribution in [0.5, 0.6) is 0 Å². The van der Waals surface area contributed by atoms with Crippen LogP contribution in [0.3, 0.4) is 0 Å². The van der Waals surface area contributed by atoms with Crippen molar-refractivity contribution < 1.29 is 8.42 Å². The maximum Gasteiger partial charge on any atom is 0.252 e. The molecule has 1 fully saturated rings. The third-order valence-corrected chi connectivity index (χ3v) is 7.76. The van der Waals surface area contributed by atoms with Crippen molar-refractivity contribution >= 4 is 21.4 Å². The molecule has 120 valence electrons. The monoisotopic (exact) mass is 330 g/mol. The van der Waals surface area contributed by atoms with Crippen LogP contribution in [0.1, 0.15) is 44.4 Å². The number of hydrogen-bond donors (Lipinski definition) is 1. The number of nitrogens with zero attached hydrogens (tertiary/aromatic N) is 1. The first kappa shape index (κ1) is 16.9. The van der Waals surface area contributed by atoms with E-state index in [1.54, 1.807) is 6.07 Å². The zero-order valence-electron chi connectivity index (χ0n) is 13.0. The van der Waals surface area contributed by atoms with Crippen LogP contribution < -0.4 is 5.32 Å². The van der Waals surface area contributed by atoms with E-state index in [2.05, 4.69) is 5.32 Å². The highest BCUT2D eigenvalue weighted by molar-refractivity contribution is 7.91. The molecule has 1 N–H and O–H groups in total. The number of nitrogens with one attached hydrogen (secondary N) is 1. The van der Waals surface area contributed by atoms with Crippen LogP contribution in [0.25, 0.3) is 0 Å². The van der Waals surface area contributed by atoms with Gasteiger partial charge in [-0.2, -0.15) is 4.31 Å². The second kappa shape index (κ2) is 7.72. The molecule has 1 heterocycles. The van der Waals surface area contributed by atoms with Crippen LogP contribution in [0.15, 0.2) is 16.3 Å². The molecule has 6 heteroatoms. The van der Waals surface area contributed by atoms with Gasteiger partial charge >= 0.3 is 0 Å². The summed E-state index contributed by atoms with van der Waals surface area (Å²) in [4.78, 5) is 1.14. The Balaban J connectivity index is 1.91. The van der Waals surface area contributed by atoms with Crippen molar-refractivity contribution in [2.75, 3.05) is 19.6 Å². The summed E-state index contributed by atoms with van der Waals surface area (Å²) >= 11 is 1.41. The molecule has 1 saturated carbocycles. The van der Waals surface area contributed by atoms with Crippen molar-refractivity contribution in [1.82, 2.24) is 9.62 Å². The summed E-state index contributed by atoms with van der Waals surface area (Å²) in [5, 5.41) is 3.57. The molecule has 1 aromatic rings. The van der Waals surface area contributed by atoms with Crippen molar-refractivity contribution in [2.24, 2.45) is 0 Å². The summed E-state index contributed by atoms with van der Waals surface area (Å²) in [7, 11) is -3.29. The van der Waals surface area contributed by atoms with Gasteiger partial charge in [-0.15, -0.1) is 11.3 Å². The lowest BCUT2D eigenvalue weighted by molar-refractivity contribution is 0.447. The van der Waals surface area contributed by atoms with E-state index in [4.69, 9.17) is 0 Å². The fraction of sp³-hybridized carbons (Fsp3) is 0.733. The molecule has 0 aromatic carbocycles. The smallest absolute Gasteiger partial charge is 0.252 e. The largest absolute Gasteiger partial charge is 0.314 e. The minimum atomic E-state index is -3.29. The first-order valence-corrected chi connectivity index (χ1v) is 10.2. The van der Waals surface area contributed by atoms with Crippen molar-refractivity contribution in [3.05, 3.63) is 17.0 Å². The average molecular weight is 331 g/mol. The normalized spacial score (nSPS) is 16.9. The highest BCUT2D eigenvalue weighted by Gasteiger charge is 2.23. The molecule has 1 aromatic heterocycles. The van der Waals surface area contributed by atoms with Gasteiger partial charge in [0, 0.05) is 30.6 Å². The molecule has 0 amide bonds. The van der Waals surface area contributed by atoms with E-state index >= 15 is 0 Å². The zero-order valence-corrected chi connectivity index (χ0v) is 14.6. The van der Waals surface area contributed by atoms with Crippen molar-refractivity contribution in [1.29, 1.82) is 0 Å². The van der Waals surface area contributed by atoms with E-state index in [1.807, 2.05) is 19.9 Å². The van der Waals surface area contributed by atoms with Gasteiger partial charge in [0.2, 0.25) is 0 Å². The van der Waals surface area contributed by atoms with Gasteiger partial charge in [-0.25, -0.2) is 8.42 Å². The SMILES string of the molecule is CCN(CC)S(=O)(=O)c1ccc(CCNC2CCCC2)s1. The van der Waals surface area contributed by atoms with E-state index in [9.17, 15) is 8.42 Å². The topological polar surface area (TPSA) is 49.4 Å². The predicted octanol–water partition coefficient (Wildman–Crippen LogP) is 2.85. The Morgan fingerprint density at radius 1 is 1.24 bits per heavy atom. The third-order valence-electron chi connectivity index (χ3n) is 4.10. The van der Waals surface area contributed by atoms with Gasteiger partial charge in [-0.1, -0.05) is 26.7 Å². The Bertz CT molecular complexity index is 530. The molecule has 21 heavy (non-hydrogen) atoms. The standard InChI is InChI=1S/C15H26N2O2S2/c1-3-17(4-2)21(18,19)15-10-9-14(20-15)11-12-16-13-7-5-6-8-13/h9-10,13,16H,3-8,11-12H2,1-2H3. The summed E-state index contributed by atoms with van der Waals surface area (Å²) in [5.41, 5.74) is 0. The maximum atomic E-state index is 12.4. The lowest BCUT2D eigenvalue weighted by Gasteiger charge is -2.16. The molecule has 0 unspecified atom stereocenters. The van der Waals surface area contributed by atoms with E-state index in [-0.39, 0.29) is 0 Å². The van der Waals surface area contributed by atoms with Gasteiger partial charge < -0.3 is 5.32 Å². The van der Waals surface area contributed by atoms with Gasteiger partial charge in [0.15, 0.2) is 0 Å². The lowest BCUT2D eigenvalue weighted by Crippen LogP contribution is -2.30. The molecule has 0 radical (unpaired) electrons. The van der Waals surface area contributed by atoms with Crippen LogP contribution in [0.2, 0.25) is 0 Å². The highest BCUT2D eigenvalue weighted by atomic mass is 32.2. The predicted molar refractivity (Wildman–Crippen MR) is 88.4 cm³/mol. The second-order valence-corrected chi connectivity index (χ2v) is 8.83. The summed E-state index contributed by atoms with van der Waals surface area (Å²) in [5.74, 6) is 0. The summed E-state index contributed by atoms with van der Waals surface area (Å²) in [6.45, 7) is 5.74. The average Bonchev–Trinajstić information content (AvgIpc) is 3.11. The van der Waals surface area contributed by atoms with Crippen molar-refractivity contribution in [3.8, 4) is 0 Å². The minimum absolute atomic E-state index is 0.474. The van der Waals surface area contributed by atoms with Gasteiger partial charge in [-0.3, -0.25) is 0 Å². The van der Waals surface area contributed by atoms with Crippen molar-refractivity contribution in [3.63, 3.8) is 0 Å². The van der Waals surface area contributed by atoms with Crippen LogP contribution in [0.4, 0.5) is 0 Å². The van der Waals surface area contributed by atoms with Crippen LogP contribution in [-0.4, -0.2) is 38.4 Å². The molecule has 0 atom stereocenters. The summed E-state index contributed by atoms with van der Waals surface area (Å²) in [6, 6.07) is 4.38. The number of rotatable bonds is 8. The molecule has 0 spiro atoms. The first-order valence-electron chi connectivity index (χ1n) is 7.90. The van der Waals surface area contributed by atoms with E-state index < -0.39 is 10.0 Å². The Morgan fingerprint density at radius 2 is 1.90 bits per heavy atom. The van der Waals surface area contributed by atoms with E-state index in [1.165, 1.54) is 41.3 Å². The van der Waals surface area contributed by atoms with Crippen LogP contribution >= 0.6 is 11.3 Å². The second-order valence-electron chi connectivity index (χ2n) is 5.50. The Kier molecular flexibility index (Phi) is 6.22. The molecule has 0 saturated heterocycles. The Hall–Kier alpha value is -0.430. The Labute approximate surface area is 132 Å². The van der Waals surface area contributed by atoms with Crippen molar-refractivity contribution in [2.45, 2.75) is 56.2 Å². The van der Waals surface area contributed by atoms with E-state index in [0.717, 1.165) is 17.8 Å². The number of thiophene rings is 1. The summed E-state index contributed by atoms with van der Waals surface area (Å²) in [6.07, 6.45) is 6.15. The molecular weight excluding hydrogens is 304 g/mol. The molecule has 1 aliphatic rings. The fourth-order valence-corrected chi connectivity index (χ4v) is 5.82. The molecule has 1 aliphatic carbocycles. The third kappa shape index (κ3) is 4.28. The molecule has 2 rings (SSSR count). The zero-order chi connectivity index (χ0) is 15.3. The van der Waals surface area contributed by atoms with E-state index in [0.29, 0.717) is 23.3 Å². The molecule has 4 nitrogen and oxygen atoms in total. The number of hydrogen-bond acceptors (Lipinski definition) is 4. The first-order chi connectivity index (χ1) is 10.1. The van der Waals surface area contributed by atoms with Gasteiger partial charge in [0.05, 0.1) is 0 Å². The van der Waals surface area contributed by atoms with Crippen LogP contribution in [0, 0.1) is 0 Å². The minimum Gasteiger partial charge on any atom is -0.314 e. The maximum absolute atomic E-state index is 12.4. The molecular formula is C15H26N2O2S2. The molecule has 0 aliphatic heterocycles. The van der Waals surface area contributed by atoms with Gasteiger partial charge in [0.25, 0.3) is 10.0 Å². The van der Waals surface area contributed by atoms with Gasteiger partial charge in [0.1, 0.15) is 4.21 Å². The summed E-state index contributed by atoms with van der Waals surface area (Å²) < 4.78 is 26.8. The number of sulfonamides is 1. The molecule has 0 bridgehead atoms.